The molecule has 0 amide bonds. The van der Waals surface area contributed by atoms with E-state index in [-0.39, 0.29) is 29.7 Å². The van der Waals surface area contributed by atoms with Crippen LogP contribution in [0.2, 0.25) is 0 Å². The van der Waals surface area contributed by atoms with Crippen LogP contribution < -0.4 is 0 Å². The van der Waals surface area contributed by atoms with Crippen molar-refractivity contribution in [3.05, 3.63) is 86.0 Å². The summed E-state index contributed by atoms with van der Waals surface area (Å²) < 4.78 is 2.58. The summed E-state index contributed by atoms with van der Waals surface area (Å²) in [6.07, 6.45) is 15.9. The van der Waals surface area contributed by atoms with E-state index in [0.717, 1.165) is 18.4 Å². The van der Waals surface area contributed by atoms with E-state index in [1.54, 1.807) is 0 Å². The predicted molar refractivity (Wildman–Crippen MR) is 166 cm³/mol. The first kappa shape index (κ1) is 31.5. The highest BCUT2D eigenvalue weighted by Gasteiger charge is 2.33. The monoisotopic (exact) mass is 487 g/mol. The third kappa shape index (κ3) is 5.88. The maximum absolute atomic E-state index is 4.15. The van der Waals surface area contributed by atoms with Gasteiger partial charge in [-0.2, -0.15) is 0 Å². The van der Waals surface area contributed by atoms with Crippen LogP contribution in [0.5, 0.6) is 0 Å². The van der Waals surface area contributed by atoms with E-state index in [4.69, 9.17) is 0 Å². The zero-order valence-corrected chi connectivity index (χ0v) is 19.5. The molecule has 2 saturated carbocycles. The van der Waals surface area contributed by atoms with Crippen LogP contribution in [0.1, 0.15) is 68.7 Å². The Morgan fingerprint density at radius 3 is 1.78 bits per heavy atom. The number of fused-ring (bicyclic) bond motifs is 3. The number of hydrogen-bond acceptors (Lipinski definition) is 0. The van der Waals surface area contributed by atoms with Crippen molar-refractivity contribution in [2.24, 2.45) is 35.5 Å². The van der Waals surface area contributed by atoms with Crippen LogP contribution in [0.4, 0.5) is 0 Å². The van der Waals surface area contributed by atoms with E-state index in [2.05, 4.69) is 97.5 Å². The molecule has 198 valence electrons. The lowest BCUT2D eigenvalue weighted by Crippen LogP contribution is -2.14. The molecule has 36 heavy (non-hydrogen) atoms. The molecule has 6 unspecified atom stereocenters. The molecule has 0 aliphatic heterocycles. The Balaban J connectivity index is 0.00000162. The number of nitrogens with zero attached hydrogens (tertiary/aromatic N) is 1. The fraction of sp³-hybridized carbons (Fsp3) is 0.486. The van der Waals surface area contributed by atoms with Gasteiger partial charge in [0, 0.05) is 28.4 Å². The molecule has 1 heterocycles. The van der Waals surface area contributed by atoms with E-state index in [1.165, 1.54) is 53.9 Å². The summed E-state index contributed by atoms with van der Waals surface area (Å²) in [7, 11) is 0. The molecule has 3 aromatic rings. The van der Waals surface area contributed by atoms with Crippen LogP contribution >= 0.6 is 0 Å². The summed E-state index contributed by atoms with van der Waals surface area (Å²) in [6, 6.07) is 17.8. The van der Waals surface area contributed by atoms with E-state index < -0.39 is 0 Å². The minimum atomic E-state index is 0. The number of allylic oxidation sites excluding steroid dienone is 4. The average Bonchev–Trinajstić information content (AvgIpc) is 3.52. The minimum absolute atomic E-state index is 0. The van der Waals surface area contributed by atoms with Crippen LogP contribution in [-0.2, 0) is 6.54 Å². The van der Waals surface area contributed by atoms with E-state index in [0.29, 0.717) is 23.7 Å². The molecule has 0 N–H and O–H groups in total. The highest BCUT2D eigenvalue weighted by molar-refractivity contribution is 6.07. The van der Waals surface area contributed by atoms with Gasteiger partial charge < -0.3 is 4.57 Å². The maximum atomic E-state index is 4.15. The van der Waals surface area contributed by atoms with Crippen LogP contribution in [0.3, 0.4) is 0 Å². The van der Waals surface area contributed by atoms with Crippen molar-refractivity contribution < 1.29 is 0 Å². The second kappa shape index (κ2) is 13.7. The second-order valence-corrected chi connectivity index (χ2v) is 10.2. The Labute approximate surface area is 223 Å². The van der Waals surface area contributed by atoms with Crippen LogP contribution in [0, 0.1) is 35.5 Å². The summed E-state index contributed by atoms with van der Waals surface area (Å²) in [5, 5.41) is 2.75. The molecule has 0 radical (unpaired) electrons. The number of para-hydroxylation sites is 2. The largest absolute Gasteiger partial charge is 0.340 e. The van der Waals surface area contributed by atoms with Crippen molar-refractivity contribution in [2.75, 3.05) is 0 Å². The Bertz CT molecular complexity index is 1080. The summed E-state index contributed by atoms with van der Waals surface area (Å²) >= 11 is 0. The Hall–Kier alpha value is -2.54. The lowest BCUT2D eigenvalue weighted by molar-refractivity contribution is 0.400. The van der Waals surface area contributed by atoms with Gasteiger partial charge in [0.25, 0.3) is 0 Å². The molecule has 2 aliphatic carbocycles. The quantitative estimate of drug-likeness (QED) is 0.292. The van der Waals surface area contributed by atoms with Crippen LogP contribution in [0.15, 0.2) is 86.0 Å². The molecule has 1 nitrogen and oxygen atoms in total. The molecule has 6 atom stereocenters. The lowest BCUT2D eigenvalue weighted by atomic mass is 9.93. The summed E-state index contributed by atoms with van der Waals surface area (Å²) in [5.41, 5.74) is 2.74. The van der Waals surface area contributed by atoms with Crippen molar-refractivity contribution >= 4 is 21.8 Å². The normalized spacial score (nSPS) is 27.1. The molecule has 0 bridgehead atoms. The van der Waals surface area contributed by atoms with E-state index >= 15 is 0 Å². The first-order chi connectivity index (χ1) is 15.7. The van der Waals surface area contributed by atoms with Gasteiger partial charge in [-0.3, -0.25) is 0 Å². The van der Waals surface area contributed by atoms with Gasteiger partial charge in [-0.15, -0.1) is 13.2 Å². The third-order valence-electron chi connectivity index (χ3n) is 8.46. The number of rotatable bonds is 7. The summed E-state index contributed by atoms with van der Waals surface area (Å²) in [4.78, 5) is 0. The fourth-order valence-electron chi connectivity index (χ4n) is 6.69. The average molecular weight is 488 g/mol. The lowest BCUT2D eigenvalue weighted by Gasteiger charge is -2.19. The van der Waals surface area contributed by atoms with Crippen LogP contribution in [0.25, 0.3) is 21.8 Å². The smallest absolute Gasteiger partial charge is 0.0491 e. The van der Waals surface area contributed by atoms with Gasteiger partial charge in [-0.1, -0.05) is 104 Å². The Kier molecular flexibility index (Phi) is 12.0. The molecule has 2 aromatic carbocycles. The molecule has 0 spiro atoms. The molecular formula is C35H53N. The summed E-state index contributed by atoms with van der Waals surface area (Å²) in [5.74, 6) is 4.18. The summed E-state index contributed by atoms with van der Waals surface area (Å²) in [6.45, 7) is 11.7. The van der Waals surface area contributed by atoms with E-state index in [1.807, 2.05) is 0 Å². The molecule has 2 fully saturated rings. The first-order valence-corrected chi connectivity index (χ1v) is 12.6. The molecule has 1 aromatic heterocycles. The minimum Gasteiger partial charge on any atom is -0.340 e. The molecule has 1 heteroatoms. The fourth-order valence-corrected chi connectivity index (χ4v) is 6.69. The highest BCUT2D eigenvalue weighted by atomic mass is 15.0. The third-order valence-corrected chi connectivity index (χ3v) is 8.46. The van der Waals surface area contributed by atoms with Gasteiger partial charge in [-0.25, -0.2) is 0 Å². The van der Waals surface area contributed by atoms with Crippen molar-refractivity contribution in [1.29, 1.82) is 0 Å². The van der Waals surface area contributed by atoms with Crippen LogP contribution in [-0.4, -0.2) is 4.57 Å². The standard InChI is InChI=1S/C31H37N.4CH4/c1-4-22-17-26(16-15-23-19-24(5-2)25(6-3)20-23)27(18-22)21-32-30-13-9-7-11-28(30)29-12-8-10-14-31(29)32;;;;/h4-5,7-16,22-27H,1-2,6,17-21H2,3H3;4*1H4/b16-15-;;;;. The molecular weight excluding hydrogens is 434 g/mol. The van der Waals surface area contributed by atoms with Gasteiger partial charge in [0.2, 0.25) is 0 Å². The SMILES string of the molecule is C.C.C.C.C=CC1CC(/C=C\C2CC(C=C)C(CC)C2)C(Cn2c3ccccc3c3ccccc32)C1. The molecule has 2 aliphatic rings. The maximum Gasteiger partial charge on any atom is 0.0491 e. The van der Waals surface area contributed by atoms with Gasteiger partial charge in [0.1, 0.15) is 0 Å². The predicted octanol–water partition coefficient (Wildman–Crippen LogP) is 11.0. The number of benzene rings is 2. The van der Waals surface area contributed by atoms with Gasteiger partial charge >= 0.3 is 0 Å². The van der Waals surface area contributed by atoms with Crippen molar-refractivity contribution in [3.63, 3.8) is 0 Å². The molecule has 0 saturated heterocycles. The van der Waals surface area contributed by atoms with Crippen molar-refractivity contribution in [2.45, 2.75) is 75.3 Å². The topological polar surface area (TPSA) is 4.93 Å². The van der Waals surface area contributed by atoms with Gasteiger partial charge in [0.15, 0.2) is 0 Å². The number of hydrogen-bond donors (Lipinski definition) is 0. The van der Waals surface area contributed by atoms with Gasteiger partial charge in [-0.05, 0) is 73.3 Å². The zero-order chi connectivity index (χ0) is 22.1. The van der Waals surface area contributed by atoms with Crippen molar-refractivity contribution in [1.82, 2.24) is 4.57 Å². The second-order valence-electron chi connectivity index (χ2n) is 10.2. The number of aromatic nitrogens is 1. The molecule has 5 rings (SSSR count). The van der Waals surface area contributed by atoms with Gasteiger partial charge in [0.05, 0.1) is 0 Å². The Morgan fingerprint density at radius 2 is 1.25 bits per heavy atom. The first-order valence-electron chi connectivity index (χ1n) is 12.6. The van der Waals surface area contributed by atoms with E-state index in [9.17, 15) is 0 Å². The Morgan fingerprint density at radius 1 is 0.694 bits per heavy atom. The highest BCUT2D eigenvalue weighted by Crippen LogP contribution is 2.43. The van der Waals surface area contributed by atoms with Crippen molar-refractivity contribution in [3.8, 4) is 0 Å². The zero-order valence-electron chi connectivity index (χ0n) is 19.5.